The van der Waals surface area contributed by atoms with E-state index in [2.05, 4.69) is 121 Å². The molecule has 1 aromatic heterocycles. The molecule has 0 radical (unpaired) electrons. The van der Waals surface area contributed by atoms with Gasteiger partial charge in [0.1, 0.15) is 0 Å². The molecule has 0 aliphatic rings. The summed E-state index contributed by atoms with van der Waals surface area (Å²) < 4.78 is 2.24. The van der Waals surface area contributed by atoms with Crippen molar-refractivity contribution in [3.8, 4) is 0 Å². The summed E-state index contributed by atoms with van der Waals surface area (Å²) >= 11 is 0. The van der Waals surface area contributed by atoms with Crippen LogP contribution in [0.2, 0.25) is 0 Å². The lowest BCUT2D eigenvalue weighted by molar-refractivity contribution is 1.01. The van der Waals surface area contributed by atoms with E-state index < -0.39 is 0 Å². The minimum atomic E-state index is 1.21. The zero-order valence-electron chi connectivity index (χ0n) is 16.3. The lowest BCUT2D eigenvalue weighted by atomic mass is 10.2. The number of rotatable bonds is 2. The van der Waals surface area contributed by atoms with E-state index in [1.807, 2.05) is 12.1 Å². The minimum Gasteiger partial charge on any atom is -0.345 e. The van der Waals surface area contributed by atoms with Gasteiger partial charge in [0.25, 0.3) is 0 Å². The lowest BCUT2D eigenvalue weighted by Crippen LogP contribution is -2.08. The van der Waals surface area contributed by atoms with Crippen LogP contribution in [-0.2, 0) is 7.05 Å². The molecule has 0 atom stereocenters. The highest BCUT2D eigenvalue weighted by molar-refractivity contribution is 6.07. The van der Waals surface area contributed by atoms with Gasteiger partial charge in [0.15, 0.2) is 0 Å². The van der Waals surface area contributed by atoms with Crippen LogP contribution in [0.3, 0.4) is 0 Å². The van der Waals surface area contributed by atoms with Gasteiger partial charge in [-0.05, 0) is 36.4 Å². The predicted octanol–water partition coefficient (Wildman–Crippen LogP) is 6.79. The second-order valence-electron chi connectivity index (χ2n) is 6.82. The summed E-state index contributed by atoms with van der Waals surface area (Å²) in [6.07, 6.45) is 0. The van der Waals surface area contributed by atoms with Crippen LogP contribution >= 0.6 is 0 Å². The van der Waals surface area contributed by atoms with Crippen molar-refractivity contribution in [2.75, 3.05) is 11.9 Å². The monoisotopic (exact) mass is 364 g/mol. The topological polar surface area (TPSA) is 8.17 Å². The number of aromatic nitrogens is 1. The molecule has 2 heteroatoms. The summed E-state index contributed by atoms with van der Waals surface area (Å²) in [6, 6.07) is 37.7. The molecule has 138 valence electrons. The van der Waals surface area contributed by atoms with Crippen molar-refractivity contribution in [1.82, 2.24) is 4.57 Å². The average Bonchev–Trinajstić information content (AvgIpc) is 3.08. The molecule has 0 spiro atoms. The fraction of sp³-hybridized carbons (Fsp3) is 0.0769. The van der Waals surface area contributed by atoms with Gasteiger partial charge >= 0.3 is 0 Å². The molecule has 2 nitrogen and oxygen atoms in total. The Labute approximate surface area is 166 Å². The molecule has 0 saturated heterocycles. The van der Waals surface area contributed by atoms with E-state index in [4.69, 9.17) is 0 Å². The number of nitrogens with zero attached hydrogens (tertiary/aromatic N) is 2. The Balaban J connectivity index is 0.000000137. The van der Waals surface area contributed by atoms with Gasteiger partial charge in [0.2, 0.25) is 0 Å². The summed E-state index contributed by atoms with van der Waals surface area (Å²) in [5.74, 6) is 0. The molecule has 5 aromatic rings. The van der Waals surface area contributed by atoms with Crippen molar-refractivity contribution in [1.29, 1.82) is 0 Å². The van der Waals surface area contributed by atoms with Gasteiger partial charge in [0.05, 0.1) is 0 Å². The van der Waals surface area contributed by atoms with Gasteiger partial charge in [-0.2, -0.15) is 0 Å². The van der Waals surface area contributed by atoms with Crippen LogP contribution in [0.4, 0.5) is 11.4 Å². The molecule has 0 aliphatic carbocycles. The summed E-state index contributed by atoms with van der Waals surface area (Å²) in [7, 11) is 4.19. The second kappa shape index (κ2) is 8.01. The first-order chi connectivity index (χ1) is 13.8. The normalized spacial score (nSPS) is 10.5. The highest BCUT2D eigenvalue weighted by Crippen LogP contribution is 2.27. The summed E-state index contributed by atoms with van der Waals surface area (Å²) in [4.78, 5) is 2.17. The third-order valence-electron chi connectivity index (χ3n) is 5.11. The molecular formula is C26H24N2. The number of aryl methyl sites for hydroxylation is 1. The summed E-state index contributed by atoms with van der Waals surface area (Å²) in [5.41, 5.74) is 5.01. The van der Waals surface area contributed by atoms with Crippen LogP contribution < -0.4 is 4.90 Å². The van der Waals surface area contributed by atoms with Gasteiger partial charge in [-0.1, -0.05) is 72.8 Å². The van der Waals surface area contributed by atoms with Gasteiger partial charge in [-0.25, -0.2) is 0 Å². The number of fused-ring (bicyclic) bond motifs is 3. The van der Waals surface area contributed by atoms with E-state index in [1.54, 1.807) is 0 Å². The van der Waals surface area contributed by atoms with Crippen molar-refractivity contribution in [2.45, 2.75) is 0 Å². The maximum atomic E-state index is 2.24. The first kappa shape index (κ1) is 17.9. The van der Waals surface area contributed by atoms with Crippen molar-refractivity contribution >= 4 is 33.2 Å². The van der Waals surface area contributed by atoms with Crippen LogP contribution in [0, 0.1) is 0 Å². The molecule has 5 rings (SSSR count). The molecule has 4 aromatic carbocycles. The van der Waals surface area contributed by atoms with Crippen LogP contribution in [0.5, 0.6) is 0 Å². The van der Waals surface area contributed by atoms with Gasteiger partial charge in [-0.3, -0.25) is 0 Å². The van der Waals surface area contributed by atoms with E-state index in [0.29, 0.717) is 0 Å². The Hall–Kier alpha value is -3.52. The Morgan fingerprint density at radius 3 is 1.29 bits per heavy atom. The van der Waals surface area contributed by atoms with Crippen molar-refractivity contribution in [2.24, 2.45) is 7.05 Å². The van der Waals surface area contributed by atoms with Gasteiger partial charge in [0, 0.05) is 47.3 Å². The first-order valence-corrected chi connectivity index (χ1v) is 9.51. The van der Waals surface area contributed by atoms with E-state index in [0.717, 1.165) is 0 Å². The maximum absolute atomic E-state index is 2.24. The van der Waals surface area contributed by atoms with Crippen molar-refractivity contribution in [3.63, 3.8) is 0 Å². The van der Waals surface area contributed by atoms with E-state index >= 15 is 0 Å². The number of para-hydroxylation sites is 4. The number of anilines is 2. The Bertz CT molecular complexity index is 1080. The highest BCUT2D eigenvalue weighted by atomic mass is 15.1. The average molecular weight is 364 g/mol. The van der Waals surface area contributed by atoms with Crippen molar-refractivity contribution in [3.05, 3.63) is 109 Å². The van der Waals surface area contributed by atoms with E-state index in [9.17, 15) is 0 Å². The molecule has 0 amide bonds. The molecule has 0 fully saturated rings. The Morgan fingerprint density at radius 1 is 0.500 bits per heavy atom. The van der Waals surface area contributed by atoms with Gasteiger partial charge < -0.3 is 9.47 Å². The molecule has 0 saturated carbocycles. The Morgan fingerprint density at radius 2 is 0.857 bits per heavy atom. The first-order valence-electron chi connectivity index (χ1n) is 9.51. The second-order valence-corrected chi connectivity index (χ2v) is 6.82. The Kier molecular flexibility index (Phi) is 5.11. The van der Waals surface area contributed by atoms with Gasteiger partial charge in [-0.15, -0.1) is 0 Å². The zero-order valence-corrected chi connectivity index (χ0v) is 16.3. The molecule has 0 unspecified atom stereocenters. The number of hydrogen-bond acceptors (Lipinski definition) is 1. The minimum absolute atomic E-state index is 1.21. The lowest BCUT2D eigenvalue weighted by Gasteiger charge is -2.18. The number of benzene rings is 4. The fourth-order valence-electron chi connectivity index (χ4n) is 3.57. The highest BCUT2D eigenvalue weighted by Gasteiger charge is 2.05. The van der Waals surface area contributed by atoms with Crippen LogP contribution in [-0.4, -0.2) is 11.6 Å². The van der Waals surface area contributed by atoms with Crippen molar-refractivity contribution < 1.29 is 0 Å². The summed E-state index contributed by atoms with van der Waals surface area (Å²) in [6.45, 7) is 0. The molecule has 0 bridgehead atoms. The third kappa shape index (κ3) is 3.49. The zero-order chi connectivity index (χ0) is 19.3. The van der Waals surface area contributed by atoms with Crippen LogP contribution in [0.1, 0.15) is 0 Å². The fourth-order valence-corrected chi connectivity index (χ4v) is 3.57. The predicted molar refractivity (Wildman–Crippen MR) is 121 cm³/mol. The SMILES string of the molecule is CN(c1ccccc1)c1ccccc1.Cn1c2ccccc2c2ccccc21. The smallest absolute Gasteiger partial charge is 0.0488 e. The van der Waals surface area contributed by atoms with Crippen LogP contribution in [0.15, 0.2) is 109 Å². The molecule has 28 heavy (non-hydrogen) atoms. The standard InChI is InChI=1S/C13H11N.C13H13N/c1-14-12-8-4-2-6-10(12)11-7-3-5-9-13(11)14;1-14(12-8-4-2-5-9-12)13-10-6-3-7-11-13/h2-9H,1H3;2-11H,1H3. The van der Waals surface area contributed by atoms with E-state index in [1.165, 1.54) is 33.2 Å². The molecular weight excluding hydrogens is 340 g/mol. The molecule has 1 heterocycles. The summed E-state index contributed by atoms with van der Waals surface area (Å²) in [5, 5.41) is 2.68. The largest absolute Gasteiger partial charge is 0.345 e. The van der Waals surface area contributed by atoms with E-state index in [-0.39, 0.29) is 0 Å². The molecule has 0 N–H and O–H groups in total. The third-order valence-corrected chi connectivity index (χ3v) is 5.11. The number of hydrogen-bond donors (Lipinski definition) is 0. The quantitative estimate of drug-likeness (QED) is 0.335. The molecule has 0 aliphatic heterocycles. The maximum Gasteiger partial charge on any atom is 0.0488 e. The van der Waals surface area contributed by atoms with Crippen LogP contribution in [0.25, 0.3) is 21.8 Å².